The minimum absolute atomic E-state index is 0.176. The van der Waals surface area contributed by atoms with Crippen molar-refractivity contribution in [1.82, 2.24) is 0 Å². The lowest BCUT2D eigenvalue weighted by Gasteiger charge is -2.18. The van der Waals surface area contributed by atoms with Gasteiger partial charge in [0.25, 0.3) is 0 Å². The van der Waals surface area contributed by atoms with Crippen LogP contribution in [-0.4, -0.2) is 18.1 Å². The summed E-state index contributed by atoms with van der Waals surface area (Å²) in [6, 6.07) is 5.87. The van der Waals surface area contributed by atoms with Crippen molar-refractivity contribution in [3.05, 3.63) is 29.3 Å². The van der Waals surface area contributed by atoms with E-state index in [0.717, 1.165) is 23.3 Å². The van der Waals surface area contributed by atoms with Crippen molar-refractivity contribution in [3.63, 3.8) is 0 Å². The Labute approximate surface area is 95.9 Å². The molecule has 0 saturated carbocycles. The van der Waals surface area contributed by atoms with Gasteiger partial charge in [-0.2, -0.15) is 0 Å². The monoisotopic (exact) mass is 219 g/mol. The van der Waals surface area contributed by atoms with Crippen molar-refractivity contribution in [2.75, 3.05) is 6.61 Å². The van der Waals surface area contributed by atoms with Crippen LogP contribution in [0.4, 0.5) is 0 Å². The zero-order chi connectivity index (χ0) is 11.8. The van der Waals surface area contributed by atoms with Crippen LogP contribution in [0.25, 0.3) is 0 Å². The molecule has 0 fully saturated rings. The highest BCUT2D eigenvalue weighted by Crippen LogP contribution is 2.37. The van der Waals surface area contributed by atoms with Crippen LogP contribution >= 0.6 is 0 Å². The van der Waals surface area contributed by atoms with Crippen LogP contribution in [0.15, 0.2) is 18.2 Å². The van der Waals surface area contributed by atoms with Gasteiger partial charge in [0.1, 0.15) is 11.4 Å². The molecule has 0 aliphatic carbocycles. The minimum Gasteiger partial charge on any atom is -0.486 e. The molecule has 0 aromatic heterocycles. The summed E-state index contributed by atoms with van der Waals surface area (Å²) in [6.07, 6.45) is 0.885. The molecular formula is C13H17NO2. The summed E-state index contributed by atoms with van der Waals surface area (Å²) in [5.74, 6) is 1.00. The summed E-state index contributed by atoms with van der Waals surface area (Å²) < 4.78 is 11.1. The predicted molar refractivity (Wildman–Crippen MR) is 63.3 cm³/mol. The van der Waals surface area contributed by atoms with Crippen LogP contribution in [0, 0.1) is 5.41 Å². The second-order valence-corrected chi connectivity index (χ2v) is 4.59. The lowest BCUT2D eigenvalue weighted by Crippen LogP contribution is -2.25. The van der Waals surface area contributed by atoms with Crippen LogP contribution in [0.2, 0.25) is 0 Å². The van der Waals surface area contributed by atoms with E-state index in [1.165, 1.54) is 0 Å². The van der Waals surface area contributed by atoms with Crippen LogP contribution in [0.5, 0.6) is 5.75 Å². The SMILES string of the molecule is CCOC(=N)c1cccc2c1OC(C)(C)C2. The molecule has 0 unspecified atom stereocenters. The summed E-state index contributed by atoms with van der Waals surface area (Å²) in [5.41, 5.74) is 1.74. The van der Waals surface area contributed by atoms with Crippen LogP contribution in [0.3, 0.4) is 0 Å². The second-order valence-electron chi connectivity index (χ2n) is 4.59. The highest BCUT2D eigenvalue weighted by molar-refractivity contribution is 5.95. The molecule has 1 aromatic rings. The summed E-state index contributed by atoms with van der Waals surface area (Å²) in [4.78, 5) is 0. The van der Waals surface area contributed by atoms with Crippen molar-refractivity contribution < 1.29 is 9.47 Å². The Hall–Kier alpha value is -1.51. The van der Waals surface area contributed by atoms with Gasteiger partial charge in [0.2, 0.25) is 5.90 Å². The Balaban J connectivity index is 2.37. The number of ether oxygens (including phenoxy) is 2. The highest BCUT2D eigenvalue weighted by atomic mass is 16.5. The number of para-hydroxylation sites is 1. The van der Waals surface area contributed by atoms with Gasteiger partial charge in [0, 0.05) is 6.42 Å². The van der Waals surface area contributed by atoms with E-state index < -0.39 is 0 Å². The van der Waals surface area contributed by atoms with Crippen LogP contribution < -0.4 is 4.74 Å². The molecular weight excluding hydrogens is 202 g/mol. The average Bonchev–Trinajstić information content (AvgIpc) is 2.51. The van der Waals surface area contributed by atoms with E-state index in [4.69, 9.17) is 14.9 Å². The highest BCUT2D eigenvalue weighted by Gasteiger charge is 2.32. The molecule has 2 rings (SSSR count). The molecule has 0 amide bonds. The Morgan fingerprint density at radius 1 is 1.50 bits per heavy atom. The van der Waals surface area contributed by atoms with E-state index in [-0.39, 0.29) is 11.5 Å². The zero-order valence-electron chi connectivity index (χ0n) is 9.96. The minimum atomic E-state index is -0.176. The zero-order valence-corrected chi connectivity index (χ0v) is 9.96. The molecule has 16 heavy (non-hydrogen) atoms. The van der Waals surface area contributed by atoms with Crippen LogP contribution in [-0.2, 0) is 11.2 Å². The maximum absolute atomic E-state index is 7.83. The number of hydrogen-bond donors (Lipinski definition) is 1. The lowest BCUT2D eigenvalue weighted by molar-refractivity contribution is 0.138. The van der Waals surface area contributed by atoms with Gasteiger partial charge in [0.15, 0.2) is 0 Å². The lowest BCUT2D eigenvalue weighted by atomic mass is 10.0. The first-order valence-corrected chi connectivity index (χ1v) is 5.56. The summed E-state index contributed by atoms with van der Waals surface area (Å²) >= 11 is 0. The summed E-state index contributed by atoms with van der Waals surface area (Å²) in [7, 11) is 0. The molecule has 1 heterocycles. The number of benzene rings is 1. The Morgan fingerprint density at radius 3 is 2.94 bits per heavy atom. The quantitative estimate of drug-likeness (QED) is 0.614. The molecule has 0 saturated heterocycles. The summed E-state index contributed by atoms with van der Waals surface area (Å²) in [5, 5.41) is 7.83. The average molecular weight is 219 g/mol. The van der Waals surface area contributed by atoms with E-state index in [9.17, 15) is 0 Å². The van der Waals surface area contributed by atoms with Gasteiger partial charge in [-0.3, -0.25) is 5.41 Å². The van der Waals surface area contributed by atoms with Gasteiger partial charge in [-0.1, -0.05) is 12.1 Å². The first-order chi connectivity index (χ1) is 7.53. The molecule has 1 aliphatic rings. The molecule has 1 aliphatic heterocycles. The fourth-order valence-electron chi connectivity index (χ4n) is 2.02. The Morgan fingerprint density at radius 2 is 2.25 bits per heavy atom. The molecule has 1 aromatic carbocycles. The van der Waals surface area contributed by atoms with E-state index in [1.807, 2.05) is 25.1 Å². The van der Waals surface area contributed by atoms with Gasteiger partial charge in [-0.15, -0.1) is 0 Å². The van der Waals surface area contributed by atoms with Gasteiger partial charge < -0.3 is 9.47 Å². The standard InChI is InChI=1S/C13H17NO2/c1-4-15-12(14)10-7-5-6-9-8-13(2,3)16-11(9)10/h5-7,14H,4,8H2,1-3H3. The first kappa shape index (κ1) is 11.0. The maximum Gasteiger partial charge on any atom is 0.217 e. The largest absolute Gasteiger partial charge is 0.486 e. The first-order valence-electron chi connectivity index (χ1n) is 5.56. The Kier molecular flexibility index (Phi) is 2.62. The normalized spacial score (nSPS) is 16.4. The van der Waals surface area contributed by atoms with Crippen molar-refractivity contribution in [2.45, 2.75) is 32.8 Å². The van der Waals surface area contributed by atoms with Gasteiger partial charge in [-0.25, -0.2) is 0 Å². The van der Waals surface area contributed by atoms with E-state index in [1.54, 1.807) is 0 Å². The van der Waals surface area contributed by atoms with E-state index in [0.29, 0.717) is 6.61 Å². The topological polar surface area (TPSA) is 42.3 Å². The summed E-state index contributed by atoms with van der Waals surface area (Å²) in [6.45, 7) is 6.50. The number of fused-ring (bicyclic) bond motifs is 1. The third-order valence-corrected chi connectivity index (χ3v) is 2.62. The van der Waals surface area contributed by atoms with Gasteiger partial charge >= 0.3 is 0 Å². The molecule has 86 valence electrons. The molecule has 1 N–H and O–H groups in total. The van der Waals surface area contributed by atoms with Crippen molar-refractivity contribution >= 4 is 5.90 Å². The number of rotatable bonds is 2. The van der Waals surface area contributed by atoms with Crippen molar-refractivity contribution in [3.8, 4) is 5.75 Å². The fourth-order valence-corrected chi connectivity index (χ4v) is 2.02. The molecule has 3 nitrogen and oxygen atoms in total. The maximum atomic E-state index is 7.83. The molecule has 0 atom stereocenters. The molecule has 0 bridgehead atoms. The smallest absolute Gasteiger partial charge is 0.217 e. The molecule has 0 spiro atoms. The van der Waals surface area contributed by atoms with Crippen molar-refractivity contribution in [2.24, 2.45) is 0 Å². The predicted octanol–water partition coefficient (Wildman–Crippen LogP) is 2.76. The Bertz CT molecular complexity index is 424. The number of hydrogen-bond acceptors (Lipinski definition) is 3. The molecule has 3 heteroatoms. The van der Waals surface area contributed by atoms with Crippen molar-refractivity contribution in [1.29, 1.82) is 5.41 Å². The van der Waals surface area contributed by atoms with Crippen LogP contribution in [0.1, 0.15) is 31.9 Å². The third-order valence-electron chi connectivity index (χ3n) is 2.62. The molecule has 0 radical (unpaired) electrons. The van der Waals surface area contributed by atoms with Gasteiger partial charge in [-0.05, 0) is 32.4 Å². The number of nitrogens with one attached hydrogen (secondary N) is 1. The van der Waals surface area contributed by atoms with E-state index in [2.05, 4.69) is 13.8 Å². The third kappa shape index (κ3) is 1.90. The van der Waals surface area contributed by atoms with E-state index >= 15 is 0 Å². The second kappa shape index (κ2) is 3.81. The fraction of sp³-hybridized carbons (Fsp3) is 0.462. The van der Waals surface area contributed by atoms with Gasteiger partial charge in [0.05, 0.1) is 12.2 Å².